The van der Waals surface area contributed by atoms with Crippen LogP contribution in [0.4, 0.5) is 0 Å². The highest BCUT2D eigenvalue weighted by molar-refractivity contribution is 5.96. The minimum atomic E-state index is -0.262. The van der Waals surface area contributed by atoms with Gasteiger partial charge in [-0.2, -0.15) is 5.06 Å². The van der Waals surface area contributed by atoms with Crippen molar-refractivity contribution in [1.29, 1.82) is 0 Å². The van der Waals surface area contributed by atoms with E-state index < -0.39 is 0 Å². The zero-order chi connectivity index (χ0) is 14.9. The zero-order valence-electron chi connectivity index (χ0n) is 13.1. The molecule has 0 aromatic carbocycles. The fourth-order valence-corrected chi connectivity index (χ4v) is 2.91. The highest BCUT2D eigenvalue weighted by atomic mass is 16.7. The summed E-state index contributed by atoms with van der Waals surface area (Å²) < 4.78 is 0. The summed E-state index contributed by atoms with van der Waals surface area (Å²) in [5.41, 5.74) is -0.262. The summed E-state index contributed by atoms with van der Waals surface area (Å²) >= 11 is 0. The van der Waals surface area contributed by atoms with Gasteiger partial charge in [-0.05, 0) is 20.8 Å². The Labute approximate surface area is 126 Å². The lowest BCUT2D eigenvalue weighted by Crippen LogP contribution is -2.56. The van der Waals surface area contributed by atoms with Crippen molar-refractivity contribution >= 4 is 12.2 Å². The predicted octanol–water partition coefficient (Wildman–Crippen LogP) is 0.876. The predicted molar refractivity (Wildman–Crippen MR) is 84.3 cm³/mol. The minimum absolute atomic E-state index is 0.141. The Hall–Kier alpha value is -1.24. The van der Waals surface area contributed by atoms with Crippen LogP contribution in [0.2, 0.25) is 0 Å². The van der Waals surface area contributed by atoms with Crippen molar-refractivity contribution in [1.82, 2.24) is 15.3 Å². The van der Waals surface area contributed by atoms with Crippen molar-refractivity contribution in [3.05, 3.63) is 12.2 Å². The number of nitrogens with zero attached hydrogens (tertiary/aromatic N) is 4. The zero-order valence-corrected chi connectivity index (χ0v) is 13.1. The quantitative estimate of drug-likeness (QED) is 0.767. The number of hydroxylamine groups is 2. The van der Waals surface area contributed by atoms with Crippen LogP contribution in [0, 0.1) is 5.92 Å². The molecule has 6 nitrogen and oxygen atoms in total. The maximum Gasteiger partial charge on any atom is 0.141 e. The van der Waals surface area contributed by atoms with Crippen molar-refractivity contribution in [3.8, 4) is 0 Å². The molecule has 0 saturated carbocycles. The highest BCUT2D eigenvalue weighted by Crippen LogP contribution is 2.26. The van der Waals surface area contributed by atoms with E-state index in [0.717, 1.165) is 38.6 Å². The summed E-state index contributed by atoms with van der Waals surface area (Å²) in [4.78, 5) is 17.8. The average Bonchev–Trinajstić information content (AvgIpc) is 2.47. The number of hydrogen-bond acceptors (Lipinski definition) is 6. The van der Waals surface area contributed by atoms with Crippen molar-refractivity contribution in [2.24, 2.45) is 15.9 Å². The smallest absolute Gasteiger partial charge is 0.141 e. The maximum atomic E-state index is 5.97. The summed E-state index contributed by atoms with van der Waals surface area (Å²) in [7, 11) is 0. The normalized spacial score (nSPS) is 30.2. The first kappa shape index (κ1) is 14.7. The Balaban J connectivity index is 1.81. The lowest BCUT2D eigenvalue weighted by atomic mass is 9.99. The van der Waals surface area contributed by atoms with Crippen LogP contribution in [-0.4, -0.2) is 66.6 Å². The van der Waals surface area contributed by atoms with Crippen LogP contribution >= 0.6 is 0 Å². The van der Waals surface area contributed by atoms with E-state index in [9.17, 15) is 0 Å². The Morgan fingerprint density at radius 2 is 2.05 bits per heavy atom. The fraction of sp³-hybridized carbons (Fsp3) is 0.733. The number of fused-ring (bicyclic) bond motifs is 1. The average molecular weight is 291 g/mol. The van der Waals surface area contributed by atoms with Gasteiger partial charge in [-0.25, -0.2) is 0 Å². The van der Waals surface area contributed by atoms with Crippen LogP contribution < -0.4 is 5.32 Å². The van der Waals surface area contributed by atoms with Crippen LogP contribution in [0.15, 0.2) is 22.1 Å². The third-order valence-electron chi connectivity index (χ3n) is 3.77. The first-order valence-corrected chi connectivity index (χ1v) is 7.72. The number of dihydropyridines is 1. The van der Waals surface area contributed by atoms with Gasteiger partial charge in [0.05, 0.1) is 18.1 Å². The van der Waals surface area contributed by atoms with Crippen LogP contribution in [0.3, 0.4) is 0 Å². The van der Waals surface area contributed by atoms with Crippen LogP contribution in [0.25, 0.3) is 0 Å². The van der Waals surface area contributed by atoms with Gasteiger partial charge < -0.3 is 5.32 Å². The molecule has 2 atom stereocenters. The fourth-order valence-electron chi connectivity index (χ4n) is 2.91. The molecule has 0 aromatic heterocycles. The van der Waals surface area contributed by atoms with E-state index in [1.165, 1.54) is 0 Å². The number of aliphatic imine (C=N–C) groups is 2. The monoisotopic (exact) mass is 291 g/mol. The molecule has 21 heavy (non-hydrogen) atoms. The molecule has 1 saturated heterocycles. The molecule has 3 aliphatic rings. The van der Waals surface area contributed by atoms with Crippen molar-refractivity contribution in [2.45, 2.75) is 32.5 Å². The number of nitrogens with one attached hydrogen (secondary N) is 1. The number of amidine groups is 1. The molecule has 3 rings (SSSR count). The molecule has 0 bridgehead atoms. The lowest BCUT2D eigenvalue weighted by Gasteiger charge is -2.42. The van der Waals surface area contributed by atoms with Crippen molar-refractivity contribution < 1.29 is 4.84 Å². The summed E-state index contributed by atoms with van der Waals surface area (Å²) in [6, 6.07) is 0. The molecule has 0 aromatic rings. The van der Waals surface area contributed by atoms with E-state index in [1.807, 2.05) is 20.8 Å². The molecule has 0 spiro atoms. The van der Waals surface area contributed by atoms with Gasteiger partial charge in [0.15, 0.2) is 0 Å². The first-order valence-electron chi connectivity index (χ1n) is 7.72. The van der Waals surface area contributed by atoms with E-state index in [1.54, 1.807) is 11.4 Å². The molecule has 0 radical (unpaired) electrons. The summed E-state index contributed by atoms with van der Waals surface area (Å²) in [6.45, 7) is 10.9. The van der Waals surface area contributed by atoms with E-state index in [2.05, 4.69) is 27.4 Å². The van der Waals surface area contributed by atoms with Gasteiger partial charge in [0.1, 0.15) is 18.3 Å². The van der Waals surface area contributed by atoms with Crippen LogP contribution in [-0.2, 0) is 4.84 Å². The van der Waals surface area contributed by atoms with Crippen LogP contribution in [0.5, 0.6) is 0 Å². The molecule has 2 unspecified atom stereocenters. The van der Waals surface area contributed by atoms with E-state index in [0.29, 0.717) is 0 Å². The standard InChI is InChI=1S/C15H25N5O/c1-15(2,3)21-20-11-18-13(19-9-7-16-8-10-19)12-5-4-6-17-14(12)20/h4-5,11-13,16H,6-10H2,1-3H3. The lowest BCUT2D eigenvalue weighted by molar-refractivity contribution is -0.141. The second kappa shape index (κ2) is 5.87. The van der Waals surface area contributed by atoms with Crippen molar-refractivity contribution in [2.75, 3.05) is 32.7 Å². The van der Waals surface area contributed by atoms with E-state index in [4.69, 9.17) is 9.83 Å². The summed E-state index contributed by atoms with van der Waals surface area (Å²) in [5.74, 6) is 1.16. The van der Waals surface area contributed by atoms with Gasteiger partial charge >= 0.3 is 0 Å². The topological polar surface area (TPSA) is 52.5 Å². The highest BCUT2D eigenvalue weighted by Gasteiger charge is 2.37. The number of rotatable bonds is 2. The van der Waals surface area contributed by atoms with E-state index >= 15 is 0 Å². The summed E-state index contributed by atoms with van der Waals surface area (Å²) in [5, 5.41) is 5.15. The molecule has 0 aliphatic carbocycles. The molecule has 6 heteroatoms. The Morgan fingerprint density at radius 3 is 2.76 bits per heavy atom. The van der Waals surface area contributed by atoms with Gasteiger partial charge in [0.25, 0.3) is 0 Å². The Bertz CT molecular complexity index is 459. The van der Waals surface area contributed by atoms with Crippen molar-refractivity contribution in [3.63, 3.8) is 0 Å². The maximum absolute atomic E-state index is 5.97. The first-order chi connectivity index (χ1) is 10.0. The van der Waals surface area contributed by atoms with Crippen LogP contribution in [0.1, 0.15) is 20.8 Å². The van der Waals surface area contributed by atoms with E-state index in [-0.39, 0.29) is 17.7 Å². The Morgan fingerprint density at radius 1 is 1.29 bits per heavy atom. The molecule has 3 aliphatic heterocycles. The molecule has 1 fully saturated rings. The molecule has 0 amide bonds. The molecule has 3 heterocycles. The molecular formula is C15H25N5O. The SMILES string of the molecule is CC(C)(C)ON1C=NC(N2CCNCC2)C2C=CCN=C21. The molecular weight excluding hydrogens is 266 g/mol. The number of piperazine rings is 1. The summed E-state index contributed by atoms with van der Waals surface area (Å²) in [6.07, 6.45) is 6.29. The second-order valence-corrected chi connectivity index (χ2v) is 6.65. The Kier molecular flexibility index (Phi) is 4.10. The second-order valence-electron chi connectivity index (χ2n) is 6.65. The van der Waals surface area contributed by atoms with Gasteiger partial charge in [0.2, 0.25) is 0 Å². The van der Waals surface area contributed by atoms with Gasteiger partial charge in [0, 0.05) is 26.2 Å². The number of hydrogen-bond donors (Lipinski definition) is 1. The molecule has 116 valence electrons. The minimum Gasteiger partial charge on any atom is -0.314 e. The van der Waals surface area contributed by atoms with Gasteiger partial charge in [-0.15, -0.1) is 0 Å². The van der Waals surface area contributed by atoms with Gasteiger partial charge in [-0.1, -0.05) is 12.2 Å². The van der Waals surface area contributed by atoms with Gasteiger partial charge in [-0.3, -0.25) is 19.7 Å². The third kappa shape index (κ3) is 3.33. The third-order valence-corrected chi connectivity index (χ3v) is 3.77. The largest absolute Gasteiger partial charge is 0.314 e. The molecule has 1 N–H and O–H groups in total.